The molecule has 4 atom stereocenters. The van der Waals surface area contributed by atoms with Crippen LogP contribution in [0.1, 0.15) is 12.1 Å². The molecule has 0 spiro atoms. The Morgan fingerprint density at radius 2 is 1.83 bits per heavy atom. The Morgan fingerprint density at radius 3 is 2.52 bits per heavy atom. The van der Waals surface area contributed by atoms with E-state index in [1.165, 1.54) is 12.4 Å². The van der Waals surface area contributed by atoms with Crippen molar-refractivity contribution < 1.29 is 24.5 Å². The molecule has 1 aliphatic rings. The normalized spacial score (nSPS) is 24.1. The summed E-state index contributed by atoms with van der Waals surface area (Å²) in [5.41, 5.74) is -0.556. The molecule has 1 saturated heterocycles. The van der Waals surface area contributed by atoms with E-state index < -0.39 is 42.4 Å². The van der Waals surface area contributed by atoms with Crippen LogP contribution in [0.5, 0.6) is 0 Å². The van der Waals surface area contributed by atoms with Gasteiger partial charge in [-0.3, -0.25) is 13.9 Å². The summed E-state index contributed by atoms with van der Waals surface area (Å²) in [6.07, 6.45) is -2.41. The van der Waals surface area contributed by atoms with Gasteiger partial charge in [0.15, 0.2) is 12.0 Å². The van der Waals surface area contributed by atoms with E-state index in [1.807, 2.05) is 30.3 Å². The van der Waals surface area contributed by atoms with Crippen molar-refractivity contribution in [3.8, 4) is 11.3 Å². The summed E-state index contributed by atoms with van der Waals surface area (Å²) in [4.78, 5) is 29.2. The first-order valence-electron chi connectivity index (χ1n) is 8.94. The Morgan fingerprint density at radius 1 is 1.07 bits per heavy atom. The van der Waals surface area contributed by atoms with Crippen LogP contribution in [0.3, 0.4) is 0 Å². The van der Waals surface area contributed by atoms with Gasteiger partial charge in [-0.2, -0.15) is 0 Å². The Balaban J connectivity index is 1.64. The predicted octanol–water partition coefficient (Wildman–Crippen LogP) is -0.675. The van der Waals surface area contributed by atoms with Crippen molar-refractivity contribution >= 4 is 0 Å². The minimum atomic E-state index is -1.44. The summed E-state index contributed by atoms with van der Waals surface area (Å²) >= 11 is 0. The fourth-order valence-corrected chi connectivity index (χ4v) is 3.23. The second-order valence-corrected chi connectivity index (χ2v) is 6.64. The highest BCUT2D eigenvalue weighted by atomic mass is 16.6. The first kappa shape index (κ1) is 19.3. The van der Waals surface area contributed by atoms with Crippen LogP contribution < -0.4 is 11.2 Å². The Hall–Kier alpha value is -3.05. The summed E-state index contributed by atoms with van der Waals surface area (Å²) in [6, 6.07) is 10.4. The van der Waals surface area contributed by atoms with Gasteiger partial charge in [-0.25, -0.2) is 9.78 Å². The highest BCUT2D eigenvalue weighted by Gasteiger charge is 2.43. The van der Waals surface area contributed by atoms with Crippen molar-refractivity contribution in [3.63, 3.8) is 0 Å². The van der Waals surface area contributed by atoms with Gasteiger partial charge in [0.1, 0.15) is 24.9 Å². The molecule has 1 aliphatic heterocycles. The SMILES string of the molecule is O=c1ccn([C@@H]2O[C@H](CO)[C@H](O)C2O)c(=O)n1Cc1ncc(-c2ccccc2)o1. The first-order valence-corrected chi connectivity index (χ1v) is 8.94. The maximum atomic E-state index is 12.8. The van der Waals surface area contributed by atoms with Gasteiger partial charge in [0.25, 0.3) is 5.56 Å². The largest absolute Gasteiger partial charge is 0.439 e. The number of benzene rings is 1. The van der Waals surface area contributed by atoms with E-state index in [2.05, 4.69) is 4.98 Å². The average molecular weight is 401 g/mol. The number of hydrogen-bond acceptors (Lipinski definition) is 8. The van der Waals surface area contributed by atoms with Gasteiger partial charge in [-0.15, -0.1) is 0 Å². The molecule has 3 heterocycles. The number of oxazole rings is 1. The van der Waals surface area contributed by atoms with Crippen molar-refractivity contribution in [2.45, 2.75) is 31.1 Å². The second kappa shape index (κ2) is 7.76. The Labute approximate surface area is 163 Å². The topological polar surface area (TPSA) is 140 Å². The number of hydrogen-bond donors (Lipinski definition) is 3. The Kier molecular flexibility index (Phi) is 5.16. The van der Waals surface area contributed by atoms with Crippen molar-refractivity contribution in [1.29, 1.82) is 0 Å². The van der Waals surface area contributed by atoms with Crippen LogP contribution in [0.25, 0.3) is 11.3 Å². The van der Waals surface area contributed by atoms with Crippen molar-refractivity contribution in [1.82, 2.24) is 14.1 Å². The molecule has 1 unspecified atom stereocenters. The van der Waals surface area contributed by atoms with Gasteiger partial charge in [0, 0.05) is 17.8 Å². The summed E-state index contributed by atoms with van der Waals surface area (Å²) < 4.78 is 12.9. The monoisotopic (exact) mass is 401 g/mol. The molecule has 3 N–H and O–H groups in total. The zero-order chi connectivity index (χ0) is 20.5. The third-order valence-corrected chi connectivity index (χ3v) is 4.79. The third kappa shape index (κ3) is 3.54. The van der Waals surface area contributed by atoms with Gasteiger partial charge in [0.05, 0.1) is 12.8 Å². The predicted molar refractivity (Wildman–Crippen MR) is 99.0 cm³/mol. The smallest absolute Gasteiger partial charge is 0.333 e. The third-order valence-electron chi connectivity index (χ3n) is 4.79. The van der Waals surface area contributed by atoms with Crippen LogP contribution >= 0.6 is 0 Å². The zero-order valence-corrected chi connectivity index (χ0v) is 15.2. The van der Waals surface area contributed by atoms with E-state index in [1.54, 1.807) is 0 Å². The van der Waals surface area contributed by atoms with Crippen LogP contribution in [-0.2, 0) is 11.3 Å². The first-order chi connectivity index (χ1) is 14.0. The molecular formula is C19H19N3O7. The van der Waals surface area contributed by atoms with Crippen LogP contribution in [-0.4, -0.2) is 54.4 Å². The van der Waals surface area contributed by atoms with E-state index in [4.69, 9.17) is 9.15 Å². The number of aromatic nitrogens is 3. The molecule has 10 heteroatoms. The molecule has 1 fully saturated rings. The Bertz CT molecular complexity index is 1100. The van der Waals surface area contributed by atoms with Crippen LogP contribution in [0, 0.1) is 0 Å². The number of aliphatic hydroxyl groups excluding tert-OH is 3. The standard InChI is InChI=1S/C19H19N3O7/c23-10-13-16(25)17(26)18(29-13)21-7-6-15(24)22(19(21)27)9-14-20-8-12(28-14)11-4-2-1-3-5-11/h1-8,13,16-18,23,25-26H,9-10H2/t13-,16+,17?,18-/m1/s1. The average Bonchev–Trinajstić information content (AvgIpc) is 3.31. The van der Waals surface area contributed by atoms with E-state index in [9.17, 15) is 24.9 Å². The molecule has 10 nitrogen and oxygen atoms in total. The minimum Gasteiger partial charge on any atom is -0.439 e. The lowest BCUT2D eigenvalue weighted by molar-refractivity contribution is -0.0555. The quantitative estimate of drug-likeness (QED) is 0.511. The van der Waals surface area contributed by atoms with E-state index in [0.29, 0.717) is 5.76 Å². The molecule has 29 heavy (non-hydrogen) atoms. The molecule has 0 aliphatic carbocycles. The number of rotatable bonds is 5. The molecule has 0 bridgehead atoms. The van der Waals surface area contributed by atoms with Gasteiger partial charge >= 0.3 is 5.69 Å². The summed E-state index contributed by atoms with van der Waals surface area (Å²) in [5, 5.41) is 29.3. The highest BCUT2D eigenvalue weighted by Crippen LogP contribution is 2.27. The van der Waals surface area contributed by atoms with Gasteiger partial charge in [0.2, 0.25) is 5.89 Å². The molecule has 0 amide bonds. The van der Waals surface area contributed by atoms with Crippen molar-refractivity contribution in [2.75, 3.05) is 6.61 Å². The van der Waals surface area contributed by atoms with E-state index in [0.717, 1.165) is 20.8 Å². The lowest BCUT2D eigenvalue weighted by Gasteiger charge is -2.18. The molecule has 0 saturated carbocycles. The molecule has 1 aromatic carbocycles. The lowest BCUT2D eigenvalue weighted by atomic mass is 10.1. The number of ether oxygens (including phenoxy) is 1. The fourth-order valence-electron chi connectivity index (χ4n) is 3.23. The molecule has 152 valence electrons. The van der Waals surface area contributed by atoms with Gasteiger partial charge < -0.3 is 24.5 Å². The van der Waals surface area contributed by atoms with Gasteiger partial charge in [-0.1, -0.05) is 30.3 Å². The van der Waals surface area contributed by atoms with Gasteiger partial charge in [-0.05, 0) is 0 Å². The van der Waals surface area contributed by atoms with Crippen LogP contribution in [0.2, 0.25) is 0 Å². The number of nitrogens with zero attached hydrogens (tertiary/aromatic N) is 3. The summed E-state index contributed by atoms with van der Waals surface area (Å²) in [7, 11) is 0. The van der Waals surface area contributed by atoms with Crippen LogP contribution in [0.15, 0.2) is 62.8 Å². The molecular weight excluding hydrogens is 382 g/mol. The van der Waals surface area contributed by atoms with Crippen LogP contribution in [0.4, 0.5) is 0 Å². The number of aliphatic hydroxyl groups is 3. The van der Waals surface area contributed by atoms with Crippen molar-refractivity contribution in [3.05, 3.63) is 75.5 Å². The highest BCUT2D eigenvalue weighted by molar-refractivity contribution is 5.55. The van der Waals surface area contributed by atoms with E-state index >= 15 is 0 Å². The molecule has 3 aromatic rings. The minimum absolute atomic E-state index is 0.155. The molecule has 0 radical (unpaired) electrons. The maximum absolute atomic E-state index is 12.8. The second-order valence-electron chi connectivity index (χ2n) is 6.64. The molecule has 2 aromatic heterocycles. The van der Waals surface area contributed by atoms with E-state index in [-0.39, 0.29) is 12.4 Å². The summed E-state index contributed by atoms with van der Waals surface area (Å²) in [5.74, 6) is 0.648. The summed E-state index contributed by atoms with van der Waals surface area (Å²) in [6.45, 7) is -0.748. The molecule has 4 rings (SSSR count). The lowest BCUT2D eigenvalue weighted by Crippen LogP contribution is -2.43. The zero-order valence-electron chi connectivity index (χ0n) is 15.2. The van der Waals surface area contributed by atoms with Crippen molar-refractivity contribution in [2.24, 2.45) is 0 Å². The maximum Gasteiger partial charge on any atom is 0.333 e. The fraction of sp³-hybridized carbons (Fsp3) is 0.316.